The standard InChI is InChI=1S/C20H40O2Si2/c1-17(2)24(18(3)4,19(5)6)22-15-13-20(12-14-21)11-10-16-23(7,8)9/h12,17-19,21H,11,13-15H2,1-9H3/b20-12-. The lowest BCUT2D eigenvalue weighted by atomic mass is 10.1. The van der Waals surface area contributed by atoms with E-state index in [-0.39, 0.29) is 6.61 Å². The van der Waals surface area contributed by atoms with Crippen molar-refractivity contribution in [2.24, 2.45) is 0 Å². The molecule has 0 bridgehead atoms. The summed E-state index contributed by atoms with van der Waals surface area (Å²) in [5.74, 6) is 3.31. The molecule has 0 aromatic heterocycles. The highest BCUT2D eigenvalue weighted by atomic mass is 28.4. The van der Waals surface area contributed by atoms with Gasteiger partial charge in [-0.25, -0.2) is 0 Å². The highest BCUT2D eigenvalue weighted by molar-refractivity contribution is 6.83. The molecule has 0 fully saturated rings. The lowest BCUT2D eigenvalue weighted by molar-refractivity contribution is 0.279. The van der Waals surface area contributed by atoms with Crippen molar-refractivity contribution in [1.82, 2.24) is 0 Å². The van der Waals surface area contributed by atoms with Gasteiger partial charge in [-0.1, -0.05) is 72.8 Å². The molecule has 0 aliphatic rings. The molecule has 0 aliphatic heterocycles. The van der Waals surface area contributed by atoms with E-state index in [9.17, 15) is 5.11 Å². The molecule has 0 rings (SSSR count). The fraction of sp³-hybridized carbons (Fsp3) is 0.800. The molecule has 4 heteroatoms. The first-order valence-corrected chi connectivity index (χ1v) is 15.0. The molecule has 0 saturated heterocycles. The van der Waals surface area contributed by atoms with Gasteiger partial charge in [0.1, 0.15) is 8.07 Å². The molecular formula is C20H40O2Si2. The molecular weight excluding hydrogens is 328 g/mol. The predicted octanol–water partition coefficient (Wildman–Crippen LogP) is 5.76. The van der Waals surface area contributed by atoms with Crippen LogP contribution in [0.15, 0.2) is 11.6 Å². The Hall–Kier alpha value is -0.346. The molecule has 0 radical (unpaired) electrons. The average molecular weight is 369 g/mol. The van der Waals surface area contributed by atoms with Gasteiger partial charge in [0.05, 0.1) is 6.61 Å². The van der Waals surface area contributed by atoms with Crippen LogP contribution in [-0.2, 0) is 4.43 Å². The molecule has 0 atom stereocenters. The van der Waals surface area contributed by atoms with Gasteiger partial charge >= 0.3 is 0 Å². The van der Waals surface area contributed by atoms with Crippen molar-refractivity contribution in [2.75, 3.05) is 13.2 Å². The monoisotopic (exact) mass is 368 g/mol. The van der Waals surface area contributed by atoms with Crippen molar-refractivity contribution >= 4 is 16.4 Å². The molecule has 0 aromatic carbocycles. The van der Waals surface area contributed by atoms with E-state index >= 15 is 0 Å². The van der Waals surface area contributed by atoms with Gasteiger partial charge in [0, 0.05) is 13.0 Å². The Bertz CT molecular complexity index is 427. The Morgan fingerprint density at radius 3 is 1.88 bits per heavy atom. The number of hydrogen-bond donors (Lipinski definition) is 1. The first-order chi connectivity index (χ1) is 11.0. The van der Waals surface area contributed by atoms with Gasteiger partial charge in [-0.2, -0.15) is 0 Å². The Labute approximate surface area is 153 Å². The molecule has 24 heavy (non-hydrogen) atoms. The van der Waals surface area contributed by atoms with Crippen LogP contribution < -0.4 is 0 Å². The van der Waals surface area contributed by atoms with Gasteiger partial charge < -0.3 is 9.53 Å². The van der Waals surface area contributed by atoms with Crippen LogP contribution in [-0.4, -0.2) is 34.7 Å². The van der Waals surface area contributed by atoms with Gasteiger partial charge in [-0.05, 0) is 23.0 Å². The fourth-order valence-electron chi connectivity index (χ4n) is 3.67. The van der Waals surface area contributed by atoms with Crippen LogP contribution >= 0.6 is 0 Å². The summed E-state index contributed by atoms with van der Waals surface area (Å²) in [5, 5.41) is 9.27. The smallest absolute Gasteiger partial charge is 0.200 e. The van der Waals surface area contributed by atoms with E-state index in [1.165, 1.54) is 5.57 Å². The van der Waals surface area contributed by atoms with Crippen molar-refractivity contribution in [3.8, 4) is 11.5 Å². The van der Waals surface area contributed by atoms with Gasteiger partial charge in [0.15, 0.2) is 8.32 Å². The maximum absolute atomic E-state index is 9.27. The van der Waals surface area contributed by atoms with E-state index in [1.807, 2.05) is 6.08 Å². The quantitative estimate of drug-likeness (QED) is 0.318. The highest BCUT2D eigenvalue weighted by Crippen LogP contribution is 2.42. The largest absolute Gasteiger partial charge is 0.416 e. The third-order valence-corrected chi connectivity index (χ3v) is 11.7. The van der Waals surface area contributed by atoms with E-state index in [2.05, 4.69) is 72.6 Å². The van der Waals surface area contributed by atoms with E-state index in [1.54, 1.807) is 0 Å². The second-order valence-corrected chi connectivity index (χ2v) is 18.9. The zero-order valence-electron chi connectivity index (χ0n) is 17.5. The number of hydrogen-bond acceptors (Lipinski definition) is 2. The van der Waals surface area contributed by atoms with Gasteiger partial charge in [-0.3, -0.25) is 0 Å². The summed E-state index contributed by atoms with van der Waals surface area (Å²) in [6.07, 6.45) is 3.54. The van der Waals surface area contributed by atoms with Gasteiger partial charge in [-0.15, -0.1) is 11.5 Å². The minimum Gasteiger partial charge on any atom is -0.416 e. The van der Waals surface area contributed by atoms with Gasteiger partial charge in [0.25, 0.3) is 0 Å². The van der Waals surface area contributed by atoms with Crippen LogP contribution in [0.3, 0.4) is 0 Å². The van der Waals surface area contributed by atoms with Crippen LogP contribution in [0.2, 0.25) is 36.3 Å². The second kappa shape index (κ2) is 10.6. The molecule has 0 saturated carbocycles. The number of rotatable bonds is 9. The summed E-state index contributed by atoms with van der Waals surface area (Å²) in [6.45, 7) is 21.5. The molecule has 0 aromatic rings. The van der Waals surface area contributed by atoms with Crippen molar-refractivity contribution in [1.29, 1.82) is 0 Å². The number of aliphatic hydroxyl groups excluding tert-OH is 1. The van der Waals surface area contributed by atoms with Crippen molar-refractivity contribution in [3.05, 3.63) is 11.6 Å². The topological polar surface area (TPSA) is 29.5 Å². The van der Waals surface area contributed by atoms with Crippen molar-refractivity contribution < 1.29 is 9.53 Å². The lowest BCUT2D eigenvalue weighted by Gasteiger charge is -2.42. The average Bonchev–Trinajstić information content (AvgIpc) is 2.40. The molecule has 0 amide bonds. The Morgan fingerprint density at radius 1 is 1.00 bits per heavy atom. The first kappa shape index (κ1) is 23.7. The van der Waals surface area contributed by atoms with Crippen LogP contribution in [0.25, 0.3) is 0 Å². The molecule has 1 N–H and O–H groups in total. The van der Waals surface area contributed by atoms with Gasteiger partial charge in [0.2, 0.25) is 0 Å². The van der Waals surface area contributed by atoms with E-state index in [4.69, 9.17) is 4.43 Å². The minimum atomic E-state index is -1.80. The SMILES string of the molecule is CC(C)[Si](OCC/C(=C\CO)CC#C[Si](C)(C)C)(C(C)C)C(C)C. The Balaban J connectivity index is 4.92. The maximum atomic E-state index is 9.27. The summed E-state index contributed by atoms with van der Waals surface area (Å²) in [6, 6.07) is 0. The summed E-state index contributed by atoms with van der Waals surface area (Å²) in [4.78, 5) is 0. The van der Waals surface area contributed by atoms with Crippen molar-refractivity contribution in [3.63, 3.8) is 0 Å². The third-order valence-electron chi connectivity index (χ3n) is 4.64. The van der Waals surface area contributed by atoms with E-state index in [0.29, 0.717) is 16.6 Å². The fourth-order valence-corrected chi connectivity index (χ4v) is 9.75. The normalized spacial score (nSPS) is 13.6. The van der Waals surface area contributed by atoms with Crippen LogP contribution in [0, 0.1) is 11.5 Å². The molecule has 0 heterocycles. The van der Waals surface area contributed by atoms with Crippen LogP contribution in [0.5, 0.6) is 0 Å². The maximum Gasteiger partial charge on any atom is 0.200 e. The lowest BCUT2D eigenvalue weighted by Crippen LogP contribution is -2.48. The minimum absolute atomic E-state index is 0.0884. The first-order valence-electron chi connectivity index (χ1n) is 9.40. The van der Waals surface area contributed by atoms with Crippen LogP contribution in [0.1, 0.15) is 54.4 Å². The summed E-state index contributed by atoms with van der Waals surface area (Å²) < 4.78 is 6.62. The molecule has 2 nitrogen and oxygen atoms in total. The summed E-state index contributed by atoms with van der Waals surface area (Å²) in [7, 11) is -3.13. The zero-order valence-corrected chi connectivity index (χ0v) is 19.5. The Morgan fingerprint density at radius 2 is 1.50 bits per heavy atom. The molecule has 0 unspecified atom stereocenters. The number of aliphatic hydroxyl groups is 1. The predicted molar refractivity (Wildman–Crippen MR) is 113 cm³/mol. The summed E-state index contributed by atoms with van der Waals surface area (Å²) >= 11 is 0. The summed E-state index contributed by atoms with van der Waals surface area (Å²) in [5.41, 5.74) is 6.43. The van der Waals surface area contributed by atoms with E-state index in [0.717, 1.165) is 19.4 Å². The van der Waals surface area contributed by atoms with E-state index < -0.39 is 16.4 Å². The van der Waals surface area contributed by atoms with Crippen LogP contribution in [0.4, 0.5) is 0 Å². The molecule has 140 valence electrons. The Kier molecular flexibility index (Phi) is 10.4. The molecule has 0 aliphatic carbocycles. The molecule has 0 spiro atoms. The van der Waals surface area contributed by atoms with Crippen molar-refractivity contribution in [2.45, 2.75) is 90.6 Å². The second-order valence-electron chi connectivity index (χ2n) is 8.69. The zero-order chi connectivity index (χ0) is 19.0. The highest BCUT2D eigenvalue weighted by Gasteiger charge is 2.44. The third kappa shape index (κ3) is 7.69.